The van der Waals surface area contributed by atoms with Crippen LogP contribution in [0.15, 0.2) is 29.9 Å². The third kappa shape index (κ3) is 4.80. The Hall–Kier alpha value is -2.81. The second kappa shape index (κ2) is 10.9. The van der Waals surface area contributed by atoms with E-state index in [4.69, 9.17) is 9.47 Å². The van der Waals surface area contributed by atoms with E-state index in [0.717, 1.165) is 12.5 Å². The Morgan fingerprint density at radius 1 is 1.27 bits per heavy atom. The summed E-state index contributed by atoms with van der Waals surface area (Å²) in [6.45, 7) is 10.9. The Balaban J connectivity index is 1.44. The zero-order chi connectivity index (χ0) is 32.6. The van der Waals surface area contributed by atoms with E-state index in [1.807, 2.05) is 27.7 Å². The van der Waals surface area contributed by atoms with E-state index < -0.39 is 81.7 Å². The molecule has 3 saturated carbocycles. The number of benzene rings is 1. The molecule has 3 N–H and O–H groups in total. The van der Waals surface area contributed by atoms with Crippen molar-refractivity contribution in [3.63, 3.8) is 0 Å². The van der Waals surface area contributed by atoms with E-state index in [-0.39, 0.29) is 41.5 Å². The number of hydrogen-bond donors (Lipinski definition) is 3. The number of ether oxygens (including phenoxy) is 2. The minimum atomic E-state index is -4.01. The maximum Gasteiger partial charge on any atom is 0.487 e. The predicted octanol–water partition coefficient (Wildman–Crippen LogP) is 1.38. The Labute approximate surface area is 257 Å². The number of nitrogens with zero attached hydrogens (tertiary/aromatic N) is 2. The Morgan fingerprint density at radius 2 is 1.95 bits per heavy atom. The van der Waals surface area contributed by atoms with Crippen molar-refractivity contribution in [2.24, 2.45) is 39.1 Å². The first-order chi connectivity index (χ1) is 20.4. The number of carbonyl (C=O) groups excluding carboxylic acids is 2. The van der Waals surface area contributed by atoms with Crippen molar-refractivity contribution >= 4 is 40.5 Å². The van der Waals surface area contributed by atoms with E-state index in [1.165, 1.54) is 12.1 Å². The van der Waals surface area contributed by atoms with Crippen LogP contribution in [0.4, 0.5) is 4.39 Å². The van der Waals surface area contributed by atoms with Gasteiger partial charge in [-0.15, -0.1) is 6.58 Å². The molecule has 5 rings (SSSR count). The first-order valence-corrected chi connectivity index (χ1v) is 16.7. The molecule has 3 aliphatic carbocycles. The van der Waals surface area contributed by atoms with Crippen LogP contribution in [-0.2, 0) is 24.3 Å². The molecule has 14 heteroatoms. The summed E-state index contributed by atoms with van der Waals surface area (Å²) in [6, 6.07) is 2.61. The van der Waals surface area contributed by atoms with Crippen LogP contribution in [0.2, 0.25) is 0 Å². The van der Waals surface area contributed by atoms with Crippen LogP contribution < -0.4 is 10.2 Å². The highest BCUT2D eigenvalue weighted by Gasteiger charge is 2.70. The molecular formula is C30H40BFN2O9S. The maximum absolute atomic E-state index is 15.5. The van der Waals surface area contributed by atoms with Gasteiger partial charge in [0.05, 0.1) is 18.6 Å². The lowest BCUT2D eigenvalue weighted by Gasteiger charge is -2.61. The number of halogens is 1. The van der Waals surface area contributed by atoms with Crippen LogP contribution in [0.1, 0.15) is 58.9 Å². The number of carbonyl (C=O) groups is 2. The number of rotatable bonds is 6. The van der Waals surface area contributed by atoms with Crippen LogP contribution in [0.5, 0.6) is 5.75 Å². The summed E-state index contributed by atoms with van der Waals surface area (Å²) in [5, 5.41) is 36.7. The number of aliphatic hydroxyl groups excluding tert-OH is 2. The third-order valence-electron chi connectivity index (χ3n) is 11.2. The van der Waals surface area contributed by atoms with Crippen molar-refractivity contribution < 1.29 is 47.1 Å². The molecule has 4 aliphatic rings. The first-order valence-electron chi connectivity index (χ1n) is 14.8. The molecule has 11 nitrogen and oxygen atoms in total. The molecular weight excluding hydrogens is 594 g/mol. The number of sulfonamides is 1. The summed E-state index contributed by atoms with van der Waals surface area (Å²) in [4.78, 5) is 27.0. The number of ketones is 1. The quantitative estimate of drug-likeness (QED) is 0.238. The number of fused-ring (bicyclic) bond motifs is 1. The average Bonchev–Trinajstić information content (AvgIpc) is 3.23. The van der Waals surface area contributed by atoms with Gasteiger partial charge in [-0.05, 0) is 60.6 Å². The summed E-state index contributed by atoms with van der Waals surface area (Å²) in [7, 11) is -5.94. The second-order valence-corrected chi connectivity index (χ2v) is 15.4. The predicted molar refractivity (Wildman–Crippen MR) is 160 cm³/mol. The van der Waals surface area contributed by atoms with Gasteiger partial charge in [0.2, 0.25) is 10.0 Å². The summed E-state index contributed by atoms with van der Waals surface area (Å²) in [5.41, 5.74) is -2.72. The molecule has 1 aromatic carbocycles. The van der Waals surface area contributed by atoms with Gasteiger partial charge < -0.3 is 24.7 Å². The highest BCUT2D eigenvalue weighted by molar-refractivity contribution is 7.89. The van der Waals surface area contributed by atoms with E-state index in [0.29, 0.717) is 17.2 Å². The topological polar surface area (TPSA) is 163 Å². The summed E-state index contributed by atoms with van der Waals surface area (Å²) in [6.07, 6.45) is 2.29. The van der Waals surface area contributed by atoms with Crippen molar-refractivity contribution in [3.8, 4) is 5.75 Å². The van der Waals surface area contributed by atoms with Gasteiger partial charge >= 0.3 is 13.0 Å². The summed E-state index contributed by atoms with van der Waals surface area (Å²) >= 11 is 0. The van der Waals surface area contributed by atoms with Crippen molar-refractivity contribution in [2.45, 2.75) is 71.7 Å². The van der Waals surface area contributed by atoms with Crippen molar-refractivity contribution in [2.75, 3.05) is 12.9 Å². The number of esters is 1. The second-order valence-electron chi connectivity index (χ2n) is 13.5. The van der Waals surface area contributed by atoms with E-state index in [1.54, 1.807) is 6.08 Å². The zero-order valence-corrected chi connectivity index (χ0v) is 26.4. The zero-order valence-electron chi connectivity index (χ0n) is 25.6. The van der Waals surface area contributed by atoms with Crippen molar-refractivity contribution in [3.05, 3.63) is 36.2 Å². The van der Waals surface area contributed by atoms with Gasteiger partial charge in [0.25, 0.3) is 0 Å². The van der Waals surface area contributed by atoms with Gasteiger partial charge in [0, 0.05) is 22.2 Å². The molecule has 240 valence electrons. The number of Topliss-reactive ketones (excluding diaryl/α,β-unsaturated/α-hetero) is 1. The normalized spacial score (nSPS) is 38.3. The third-order valence-corrected chi connectivity index (χ3v) is 12.2. The monoisotopic (exact) mass is 634 g/mol. The SMILES string of the molecule is C=C[C@]1(C)C[C@@H](OC(=O)COc2ccc3c(c2F)B(O)N(S(C)(=O)=O)N=C3)[C@@]2(C)[C@@H]3C(=O)[C@@H](O)C[C@@]3(CC[C@@H]2C)[C@@H](C)[C@@H]1O. The van der Waals surface area contributed by atoms with Crippen LogP contribution in [0, 0.1) is 39.8 Å². The van der Waals surface area contributed by atoms with Crippen molar-refractivity contribution in [1.29, 1.82) is 0 Å². The fourth-order valence-corrected chi connectivity index (χ4v) is 9.14. The van der Waals surface area contributed by atoms with Gasteiger partial charge in [-0.25, -0.2) is 21.9 Å². The molecule has 44 heavy (non-hydrogen) atoms. The molecule has 1 aromatic rings. The Kier molecular flexibility index (Phi) is 8.09. The molecule has 3 fully saturated rings. The Bertz CT molecular complexity index is 1520. The van der Waals surface area contributed by atoms with Gasteiger partial charge in [0.15, 0.2) is 24.0 Å². The molecule has 0 amide bonds. The molecule has 0 saturated heterocycles. The lowest BCUT2D eigenvalue weighted by molar-refractivity contribution is -0.207. The summed E-state index contributed by atoms with van der Waals surface area (Å²) in [5.74, 6) is -3.71. The highest BCUT2D eigenvalue weighted by atomic mass is 32.2. The fourth-order valence-electron chi connectivity index (χ4n) is 8.45. The lowest BCUT2D eigenvalue weighted by Crippen LogP contribution is -2.63. The standard InChI is InChI=1S/C30H40BFN2O9S/c1-7-28(4)13-21(29(5)16(2)10-11-30(17(3)27(28)38)12-19(35)25(37)26(29)30)43-22(36)15-42-20-9-8-18-14-33-34(44(6,40)41)31(39)23(18)24(20)32/h7-9,14,16-17,19,21,26-27,35,38-39H,1,10-13,15H2,2-6H3/t16-,17-,19-,21+,26-,27-,28+,29-,30-/m0/s1. The van der Waals surface area contributed by atoms with Crippen LogP contribution in [-0.4, -0.2) is 84.2 Å². The molecule has 0 aromatic heterocycles. The molecule has 2 bridgehead atoms. The number of hydrazone groups is 1. The molecule has 9 atom stereocenters. The number of hydrogen-bond acceptors (Lipinski definition) is 10. The molecule has 1 aliphatic heterocycles. The van der Waals surface area contributed by atoms with E-state index >= 15 is 4.39 Å². The molecule has 0 unspecified atom stereocenters. The fraction of sp³-hybridized carbons (Fsp3) is 0.633. The first kappa shape index (κ1) is 32.6. The van der Waals surface area contributed by atoms with Crippen LogP contribution in [0.3, 0.4) is 0 Å². The lowest BCUT2D eigenvalue weighted by atomic mass is 9.44. The van der Waals surface area contributed by atoms with E-state index in [2.05, 4.69) is 11.7 Å². The Morgan fingerprint density at radius 3 is 2.59 bits per heavy atom. The van der Waals surface area contributed by atoms with Gasteiger partial charge in [0.1, 0.15) is 12.2 Å². The highest BCUT2D eigenvalue weighted by Crippen LogP contribution is 2.68. The van der Waals surface area contributed by atoms with Crippen molar-refractivity contribution in [1.82, 2.24) is 4.33 Å². The average molecular weight is 635 g/mol. The van der Waals surface area contributed by atoms with Crippen LogP contribution >= 0.6 is 0 Å². The van der Waals surface area contributed by atoms with E-state index in [9.17, 15) is 33.2 Å². The molecule has 0 radical (unpaired) electrons. The summed E-state index contributed by atoms with van der Waals surface area (Å²) < 4.78 is 51.4. The molecule has 0 spiro atoms. The largest absolute Gasteiger partial charge is 0.487 e. The number of aliphatic hydroxyl groups is 2. The smallest absolute Gasteiger partial charge is 0.479 e. The van der Waals surface area contributed by atoms with Gasteiger partial charge in [-0.3, -0.25) is 4.79 Å². The van der Waals surface area contributed by atoms with Gasteiger partial charge in [-0.2, -0.15) is 5.10 Å². The van der Waals surface area contributed by atoms with Gasteiger partial charge in [-0.1, -0.05) is 33.8 Å². The minimum absolute atomic E-state index is 0.0795. The maximum atomic E-state index is 15.5. The minimum Gasteiger partial charge on any atom is -0.479 e. The molecule has 1 heterocycles. The van der Waals surface area contributed by atoms with Crippen LogP contribution in [0.25, 0.3) is 0 Å².